The van der Waals surface area contributed by atoms with Crippen molar-refractivity contribution in [2.75, 3.05) is 12.3 Å². The van der Waals surface area contributed by atoms with Crippen molar-refractivity contribution in [3.8, 4) is 0 Å². The zero-order valence-corrected chi connectivity index (χ0v) is 20.7. The van der Waals surface area contributed by atoms with Crippen molar-refractivity contribution in [1.29, 1.82) is 0 Å². The largest absolute Gasteiger partial charge is 0.377 e. The monoisotopic (exact) mass is 540 g/mol. The van der Waals surface area contributed by atoms with Crippen molar-refractivity contribution in [3.63, 3.8) is 0 Å². The van der Waals surface area contributed by atoms with Gasteiger partial charge in [-0.3, -0.25) is 14.1 Å². The van der Waals surface area contributed by atoms with Crippen molar-refractivity contribution in [2.45, 2.75) is 36.0 Å². The molecule has 0 saturated carbocycles. The van der Waals surface area contributed by atoms with Crippen LogP contribution < -0.4 is 4.72 Å². The van der Waals surface area contributed by atoms with Crippen molar-refractivity contribution < 1.29 is 42.8 Å². The zero-order chi connectivity index (χ0) is 25.2. The first-order valence-electron chi connectivity index (χ1n) is 9.13. The van der Waals surface area contributed by atoms with Crippen molar-refractivity contribution >= 4 is 60.3 Å². The summed E-state index contributed by atoms with van der Waals surface area (Å²) < 4.78 is 116. The Kier molecular flexibility index (Phi) is 6.06. The lowest BCUT2D eigenvalue weighted by atomic mass is 9.80. The van der Waals surface area contributed by atoms with Gasteiger partial charge in [0.15, 0.2) is 0 Å². The smallest absolute Gasteiger partial charge is 0.286 e. The van der Waals surface area contributed by atoms with Crippen LogP contribution in [0, 0.1) is 0 Å². The third-order valence-corrected chi connectivity index (χ3v) is 11.2. The molecular weight excluding hydrogens is 520 g/mol. The quantitative estimate of drug-likeness (QED) is 0.335. The van der Waals surface area contributed by atoms with E-state index in [-0.39, 0.29) is 10.8 Å². The first-order chi connectivity index (χ1) is 14.8. The number of hydrogen-bond donors (Lipinski definition) is 3. The fraction of sp³-hybridized carbons (Fsp3) is 0.353. The minimum Gasteiger partial charge on any atom is -0.286 e. The number of nitrogens with one attached hydrogen (secondary N) is 1. The first-order valence-corrected chi connectivity index (χ1v) is 15.7. The average molecular weight is 541 g/mol. The Morgan fingerprint density at radius 1 is 0.939 bits per heavy atom. The summed E-state index contributed by atoms with van der Waals surface area (Å²) in [5.74, 6) is -0.953. The Bertz CT molecular complexity index is 1640. The molecule has 0 aliphatic carbocycles. The maximum atomic E-state index is 12.8. The maximum absolute atomic E-state index is 12.8. The number of benzene rings is 2. The Morgan fingerprint density at radius 3 is 2.09 bits per heavy atom. The number of nitrogens with zero attached hydrogens (tertiary/aromatic N) is 1. The van der Waals surface area contributed by atoms with Crippen LogP contribution >= 0.6 is 0 Å². The van der Waals surface area contributed by atoms with Crippen LogP contribution in [-0.2, 0) is 43.6 Å². The molecule has 182 valence electrons. The molecule has 0 amide bonds. The predicted molar refractivity (Wildman–Crippen MR) is 120 cm³/mol. The van der Waals surface area contributed by atoms with Gasteiger partial charge in [0.25, 0.3) is 10.1 Å². The normalized spacial score (nSPS) is 16.6. The van der Waals surface area contributed by atoms with Gasteiger partial charge in [0, 0.05) is 23.1 Å². The number of hydrogen-bond acceptors (Lipinski definition) is 9. The lowest BCUT2D eigenvalue weighted by Crippen LogP contribution is -2.29. The molecule has 0 saturated heterocycles. The van der Waals surface area contributed by atoms with E-state index < -0.39 is 65.7 Å². The highest BCUT2D eigenvalue weighted by molar-refractivity contribution is 8.65. The second-order valence-electron chi connectivity index (χ2n) is 7.86. The lowest BCUT2D eigenvalue weighted by molar-refractivity contribution is 0.482. The summed E-state index contributed by atoms with van der Waals surface area (Å²) in [5, 5.41) is -0.0841. The van der Waals surface area contributed by atoms with Crippen molar-refractivity contribution in [1.82, 2.24) is 4.72 Å². The van der Waals surface area contributed by atoms with E-state index in [4.69, 9.17) is 4.55 Å². The molecule has 3 rings (SSSR count). The maximum Gasteiger partial charge on any atom is 0.377 e. The standard InChI is InChI=1S/C17H20N2O10S4/c1-10-17(2,3)16-13-8-11(31(23,24)18-6-7-30(20,21)22)9-15(32(25,26)33(27,28)29)12(13)4-5-14(16)19-10/h4-5,8-9,18H,6-7H2,1-3H3,(H,20,21,22)(H,27,28,29). The van der Waals surface area contributed by atoms with Gasteiger partial charge in [-0.25, -0.2) is 21.6 Å². The summed E-state index contributed by atoms with van der Waals surface area (Å²) in [6, 6.07) is 4.39. The minimum atomic E-state index is -5.68. The van der Waals surface area contributed by atoms with Crippen LogP contribution in [0.4, 0.5) is 5.69 Å². The molecule has 0 spiro atoms. The van der Waals surface area contributed by atoms with Crippen molar-refractivity contribution in [3.05, 3.63) is 29.8 Å². The molecular formula is C17H20N2O10S4. The summed E-state index contributed by atoms with van der Waals surface area (Å²) in [4.78, 5) is 2.74. The molecule has 1 heterocycles. The summed E-state index contributed by atoms with van der Waals surface area (Å²) in [6.07, 6.45) is 0. The van der Waals surface area contributed by atoms with Crippen LogP contribution in [-0.4, -0.2) is 60.8 Å². The van der Waals surface area contributed by atoms with Crippen LogP contribution in [0.15, 0.2) is 39.0 Å². The van der Waals surface area contributed by atoms with E-state index in [2.05, 4.69) is 4.99 Å². The van der Waals surface area contributed by atoms with Crippen LogP contribution in [0.3, 0.4) is 0 Å². The summed E-state index contributed by atoms with van der Waals surface area (Å²) in [7, 11) is -20.2. The highest BCUT2D eigenvalue weighted by Gasteiger charge is 2.38. The first kappa shape index (κ1) is 25.7. The van der Waals surface area contributed by atoms with Gasteiger partial charge >= 0.3 is 18.0 Å². The summed E-state index contributed by atoms with van der Waals surface area (Å²) in [6.45, 7) is 4.51. The number of fused-ring (bicyclic) bond motifs is 3. The van der Waals surface area contributed by atoms with Crippen LogP contribution in [0.1, 0.15) is 26.3 Å². The Hall–Kier alpha value is -1.95. The van der Waals surface area contributed by atoms with Gasteiger partial charge in [0.05, 0.1) is 21.2 Å². The molecule has 0 unspecified atom stereocenters. The van der Waals surface area contributed by atoms with Crippen molar-refractivity contribution in [2.24, 2.45) is 4.99 Å². The van der Waals surface area contributed by atoms with Crippen LogP contribution in [0.25, 0.3) is 10.8 Å². The summed E-state index contributed by atoms with van der Waals surface area (Å²) >= 11 is 0. The predicted octanol–water partition coefficient (Wildman–Crippen LogP) is 0.966. The summed E-state index contributed by atoms with van der Waals surface area (Å²) in [5.41, 5.74) is 0.742. The second-order valence-corrected chi connectivity index (χ2v) is 16.0. The molecule has 0 atom stereocenters. The van der Waals surface area contributed by atoms with E-state index in [1.165, 1.54) is 12.1 Å². The molecule has 3 N–H and O–H groups in total. The molecule has 0 fully saturated rings. The van der Waals surface area contributed by atoms with Gasteiger partial charge in [0.2, 0.25) is 10.0 Å². The Labute approximate surface area is 190 Å². The van der Waals surface area contributed by atoms with Crippen LogP contribution in [0.5, 0.6) is 0 Å². The van der Waals surface area contributed by atoms with E-state index >= 15 is 0 Å². The molecule has 33 heavy (non-hydrogen) atoms. The molecule has 0 bridgehead atoms. The molecule has 1 aliphatic heterocycles. The SMILES string of the molecule is CC1=Nc2ccc3c(S(=O)(=O)S(=O)(=O)O)cc(S(=O)(=O)NCCS(=O)(=O)O)cc3c2C1(C)C. The number of aliphatic imine (C=N–C) groups is 1. The molecule has 16 heteroatoms. The average Bonchev–Trinajstić information content (AvgIpc) is 2.87. The molecule has 0 aromatic heterocycles. The minimum absolute atomic E-state index is 0.0676. The van der Waals surface area contributed by atoms with E-state index in [0.717, 1.165) is 6.07 Å². The Morgan fingerprint density at radius 2 is 1.55 bits per heavy atom. The van der Waals surface area contributed by atoms with E-state index in [1.54, 1.807) is 20.8 Å². The molecule has 2 aromatic carbocycles. The molecule has 0 radical (unpaired) electrons. The van der Waals surface area contributed by atoms with E-state index in [0.29, 0.717) is 23.0 Å². The highest BCUT2D eigenvalue weighted by atomic mass is 33.2. The molecule has 2 aromatic rings. The number of sulfonamides is 1. The zero-order valence-electron chi connectivity index (χ0n) is 17.5. The van der Waals surface area contributed by atoms with E-state index in [9.17, 15) is 38.2 Å². The fourth-order valence-corrected chi connectivity index (χ4v) is 7.17. The topological polar surface area (TPSA) is 201 Å². The highest BCUT2D eigenvalue weighted by Crippen LogP contribution is 2.46. The Balaban J connectivity index is 2.37. The van der Waals surface area contributed by atoms with Gasteiger partial charge in [-0.1, -0.05) is 19.9 Å². The van der Waals surface area contributed by atoms with Gasteiger partial charge in [0.1, 0.15) is 0 Å². The van der Waals surface area contributed by atoms with Gasteiger partial charge in [-0.05, 0) is 36.1 Å². The molecule has 12 nitrogen and oxygen atoms in total. The van der Waals surface area contributed by atoms with Gasteiger partial charge in [-0.2, -0.15) is 16.8 Å². The van der Waals surface area contributed by atoms with E-state index in [1.807, 2.05) is 4.72 Å². The second kappa shape index (κ2) is 7.79. The third-order valence-electron chi connectivity index (χ3n) is 5.38. The fourth-order valence-electron chi connectivity index (χ4n) is 3.48. The lowest BCUT2D eigenvalue weighted by Gasteiger charge is -2.23. The molecule has 1 aliphatic rings. The number of rotatable bonds is 7. The van der Waals surface area contributed by atoms with Gasteiger partial charge in [-0.15, -0.1) is 0 Å². The van der Waals surface area contributed by atoms with Gasteiger partial charge < -0.3 is 0 Å². The van der Waals surface area contributed by atoms with Crippen LogP contribution in [0.2, 0.25) is 0 Å². The third kappa shape index (κ3) is 4.55.